The summed E-state index contributed by atoms with van der Waals surface area (Å²) in [6.45, 7) is 3.54. The molecule has 0 bridgehead atoms. The molecule has 0 amide bonds. The van der Waals surface area contributed by atoms with Crippen molar-refractivity contribution in [1.29, 1.82) is 0 Å². The lowest BCUT2D eigenvalue weighted by atomic mass is 10.1. The normalized spacial score (nSPS) is 10.6. The number of unbranched alkanes of at least 4 members (excludes halogenated alkanes) is 7. The number of hydrogen-bond donors (Lipinski definition) is 1. The van der Waals surface area contributed by atoms with E-state index in [9.17, 15) is 0 Å². The van der Waals surface area contributed by atoms with E-state index in [-0.39, 0.29) is 0 Å². The Balaban J connectivity index is 1.51. The molecule has 0 radical (unpaired) electrons. The molecule has 0 unspecified atom stereocenters. The highest BCUT2D eigenvalue weighted by atomic mass is 16.5. The highest BCUT2D eigenvalue weighted by Crippen LogP contribution is 2.22. The molecule has 2 aromatic carbocycles. The molecule has 2 aromatic rings. The third-order valence-electron chi connectivity index (χ3n) is 5.63. The van der Waals surface area contributed by atoms with Gasteiger partial charge in [-0.05, 0) is 48.2 Å². The van der Waals surface area contributed by atoms with Gasteiger partial charge in [-0.3, -0.25) is 0 Å². The van der Waals surface area contributed by atoms with Gasteiger partial charge in [0, 0.05) is 25.8 Å². The first-order chi connectivity index (χ1) is 16.7. The van der Waals surface area contributed by atoms with E-state index < -0.39 is 0 Å². The van der Waals surface area contributed by atoms with E-state index in [1.165, 1.54) is 44.1 Å². The average molecular weight is 468 g/mol. The number of terminal acetylenes is 1. The maximum Gasteiger partial charge on any atom is 0.122 e. The topological polar surface area (TPSA) is 49.0 Å². The van der Waals surface area contributed by atoms with Crippen LogP contribution in [0.1, 0.15) is 62.5 Å². The summed E-state index contributed by atoms with van der Waals surface area (Å²) in [5.74, 6) is 5.03. The molecule has 186 valence electrons. The molecule has 0 spiro atoms. The summed E-state index contributed by atoms with van der Waals surface area (Å²) in [6.07, 6.45) is 15.0. The second kappa shape index (κ2) is 17.8. The Morgan fingerprint density at radius 2 is 1.24 bits per heavy atom. The predicted octanol–water partition coefficient (Wildman–Crippen LogP) is 6.14. The van der Waals surface area contributed by atoms with Crippen molar-refractivity contribution in [2.45, 2.75) is 64.5 Å². The van der Waals surface area contributed by atoms with Crippen molar-refractivity contribution in [3.8, 4) is 29.6 Å². The summed E-state index contributed by atoms with van der Waals surface area (Å²) in [6, 6.07) is 14.3. The van der Waals surface area contributed by atoms with Crippen LogP contribution in [-0.4, -0.2) is 34.0 Å². The van der Waals surface area contributed by atoms with E-state index in [1.54, 1.807) is 14.2 Å². The summed E-state index contributed by atoms with van der Waals surface area (Å²) in [7, 11) is 3.33. The van der Waals surface area contributed by atoms with Gasteiger partial charge in [0.25, 0.3) is 0 Å². The zero-order valence-corrected chi connectivity index (χ0v) is 20.9. The number of ether oxygens (including phenoxy) is 4. The SMILES string of the molecule is C#CCOCCCCCCCCCCOc1ccc(CNCc2cc(OC)cc(OC)c2)cc1. The largest absolute Gasteiger partial charge is 0.497 e. The molecule has 0 aliphatic carbocycles. The Kier molecular flexibility index (Phi) is 14.4. The lowest BCUT2D eigenvalue weighted by Crippen LogP contribution is -2.12. The second-order valence-electron chi connectivity index (χ2n) is 8.40. The monoisotopic (exact) mass is 467 g/mol. The van der Waals surface area contributed by atoms with E-state index in [0.717, 1.165) is 62.0 Å². The van der Waals surface area contributed by atoms with Crippen LogP contribution in [0.3, 0.4) is 0 Å². The van der Waals surface area contributed by atoms with Gasteiger partial charge < -0.3 is 24.3 Å². The molecule has 0 atom stereocenters. The van der Waals surface area contributed by atoms with Crippen LogP contribution in [0.4, 0.5) is 0 Å². The van der Waals surface area contributed by atoms with Crippen LogP contribution in [0.5, 0.6) is 17.2 Å². The molecule has 1 N–H and O–H groups in total. The van der Waals surface area contributed by atoms with E-state index in [1.807, 2.05) is 18.2 Å². The molecule has 0 fully saturated rings. The zero-order chi connectivity index (χ0) is 24.3. The van der Waals surface area contributed by atoms with Crippen molar-refractivity contribution in [3.63, 3.8) is 0 Å². The Morgan fingerprint density at radius 1 is 0.676 bits per heavy atom. The highest BCUT2D eigenvalue weighted by molar-refractivity contribution is 5.38. The van der Waals surface area contributed by atoms with E-state index in [0.29, 0.717) is 6.61 Å². The third kappa shape index (κ3) is 12.0. The second-order valence-corrected chi connectivity index (χ2v) is 8.40. The molecule has 5 heteroatoms. The number of benzene rings is 2. The third-order valence-corrected chi connectivity index (χ3v) is 5.63. The van der Waals surface area contributed by atoms with Gasteiger partial charge >= 0.3 is 0 Å². The number of methoxy groups -OCH3 is 2. The van der Waals surface area contributed by atoms with Crippen LogP contribution < -0.4 is 19.5 Å². The lowest BCUT2D eigenvalue weighted by Gasteiger charge is -2.10. The summed E-state index contributed by atoms with van der Waals surface area (Å²) in [5.41, 5.74) is 2.35. The molecule has 5 nitrogen and oxygen atoms in total. The Morgan fingerprint density at radius 3 is 1.82 bits per heavy atom. The van der Waals surface area contributed by atoms with Crippen molar-refractivity contribution in [3.05, 3.63) is 53.6 Å². The Bertz CT molecular complexity index is 807. The fourth-order valence-corrected chi connectivity index (χ4v) is 3.71. The summed E-state index contributed by atoms with van der Waals surface area (Å²) >= 11 is 0. The van der Waals surface area contributed by atoms with Gasteiger partial charge in [-0.25, -0.2) is 0 Å². The maximum atomic E-state index is 5.90. The van der Waals surface area contributed by atoms with Crippen LogP contribution in [0.2, 0.25) is 0 Å². The van der Waals surface area contributed by atoms with Gasteiger partial charge in [-0.2, -0.15) is 0 Å². The van der Waals surface area contributed by atoms with Crippen molar-refractivity contribution < 1.29 is 18.9 Å². The zero-order valence-electron chi connectivity index (χ0n) is 20.9. The standard InChI is InChI=1S/C29H41NO4/c1-4-17-33-18-11-9-7-5-6-8-10-12-19-34-27-15-13-25(14-16-27)23-30-24-26-20-28(31-2)22-29(21-26)32-3/h1,13-16,20-22,30H,5-12,17-19,23-24H2,2-3H3. The molecule has 2 rings (SSSR count). The number of hydrogen-bond acceptors (Lipinski definition) is 5. The van der Waals surface area contributed by atoms with Crippen molar-refractivity contribution >= 4 is 0 Å². The van der Waals surface area contributed by atoms with Gasteiger partial charge in [-0.15, -0.1) is 6.42 Å². The van der Waals surface area contributed by atoms with Gasteiger partial charge in [0.1, 0.15) is 23.9 Å². The van der Waals surface area contributed by atoms with Crippen LogP contribution in [0.25, 0.3) is 0 Å². The minimum absolute atomic E-state index is 0.435. The van der Waals surface area contributed by atoms with Gasteiger partial charge in [0.2, 0.25) is 0 Å². The fraction of sp³-hybridized carbons (Fsp3) is 0.517. The summed E-state index contributed by atoms with van der Waals surface area (Å²) in [5, 5.41) is 3.47. The molecule has 0 aliphatic rings. The molecule has 0 saturated carbocycles. The van der Waals surface area contributed by atoms with Gasteiger partial charge in [-0.1, -0.05) is 56.6 Å². The highest BCUT2D eigenvalue weighted by Gasteiger charge is 2.02. The van der Waals surface area contributed by atoms with Crippen molar-refractivity contribution in [1.82, 2.24) is 5.32 Å². The van der Waals surface area contributed by atoms with Gasteiger partial charge in [0.05, 0.1) is 20.8 Å². The molecule has 0 aromatic heterocycles. The maximum absolute atomic E-state index is 5.90. The van der Waals surface area contributed by atoms with Crippen LogP contribution in [-0.2, 0) is 17.8 Å². The van der Waals surface area contributed by atoms with Crippen LogP contribution in [0.15, 0.2) is 42.5 Å². The average Bonchev–Trinajstić information content (AvgIpc) is 2.87. The van der Waals surface area contributed by atoms with Crippen molar-refractivity contribution in [2.75, 3.05) is 34.0 Å². The fourth-order valence-electron chi connectivity index (χ4n) is 3.71. The van der Waals surface area contributed by atoms with E-state index in [2.05, 4.69) is 35.5 Å². The smallest absolute Gasteiger partial charge is 0.122 e. The van der Waals surface area contributed by atoms with E-state index in [4.69, 9.17) is 25.4 Å². The molecular weight excluding hydrogens is 426 g/mol. The number of nitrogens with one attached hydrogen (secondary N) is 1. The first-order valence-corrected chi connectivity index (χ1v) is 12.4. The van der Waals surface area contributed by atoms with Gasteiger partial charge in [0.15, 0.2) is 0 Å². The summed E-state index contributed by atoms with van der Waals surface area (Å²) < 4.78 is 21.9. The predicted molar refractivity (Wildman–Crippen MR) is 139 cm³/mol. The molecule has 0 saturated heterocycles. The molecule has 0 heterocycles. The Hall–Kier alpha value is -2.68. The minimum atomic E-state index is 0.435. The first-order valence-electron chi connectivity index (χ1n) is 12.4. The van der Waals surface area contributed by atoms with Crippen LogP contribution >= 0.6 is 0 Å². The first kappa shape index (κ1) is 27.6. The van der Waals surface area contributed by atoms with Crippen LogP contribution in [0, 0.1) is 12.3 Å². The molecular formula is C29H41NO4. The Labute approximate surface area is 206 Å². The lowest BCUT2D eigenvalue weighted by molar-refractivity contribution is 0.162. The summed E-state index contributed by atoms with van der Waals surface area (Å²) in [4.78, 5) is 0. The molecule has 0 aliphatic heterocycles. The van der Waals surface area contributed by atoms with Crippen molar-refractivity contribution in [2.24, 2.45) is 0 Å². The quantitative estimate of drug-likeness (QED) is 0.199. The number of rotatable bonds is 19. The molecule has 34 heavy (non-hydrogen) atoms. The minimum Gasteiger partial charge on any atom is -0.497 e. The van der Waals surface area contributed by atoms with E-state index >= 15 is 0 Å².